The van der Waals surface area contributed by atoms with Gasteiger partial charge in [-0.1, -0.05) is 19.3 Å². The molecule has 0 unspecified atom stereocenters. The number of pyridine rings is 1. The van der Waals surface area contributed by atoms with Crippen LogP contribution in [0.15, 0.2) is 16.9 Å². The van der Waals surface area contributed by atoms with Crippen LogP contribution in [0.3, 0.4) is 0 Å². The van der Waals surface area contributed by atoms with Crippen LogP contribution in [0.1, 0.15) is 50.1 Å². The van der Waals surface area contributed by atoms with Crippen LogP contribution in [0.2, 0.25) is 0 Å². The van der Waals surface area contributed by atoms with Crippen molar-refractivity contribution < 1.29 is 9.59 Å². The summed E-state index contributed by atoms with van der Waals surface area (Å²) < 4.78 is 1.81. The molecule has 29 heavy (non-hydrogen) atoms. The SMILES string of the molecule is CSCC(=O)Nc1ccc(=O)n2c1[C@@H]1C[C@@H](CN(C(=O)NC3CCCCC3)C1)C2. The number of aromatic nitrogens is 1. The second-order valence-corrected chi connectivity index (χ2v) is 9.42. The maximum Gasteiger partial charge on any atom is 0.317 e. The van der Waals surface area contributed by atoms with E-state index >= 15 is 0 Å². The fourth-order valence-electron chi connectivity index (χ4n) is 5.12. The Morgan fingerprint density at radius 3 is 2.69 bits per heavy atom. The van der Waals surface area contributed by atoms with Crippen molar-refractivity contribution in [3.63, 3.8) is 0 Å². The lowest BCUT2D eigenvalue weighted by atomic mass is 9.82. The second-order valence-electron chi connectivity index (χ2n) is 8.55. The molecule has 0 radical (unpaired) electrons. The average molecular weight is 419 g/mol. The molecular weight excluding hydrogens is 388 g/mol. The summed E-state index contributed by atoms with van der Waals surface area (Å²) in [5.41, 5.74) is 1.55. The van der Waals surface area contributed by atoms with Gasteiger partial charge in [0.05, 0.1) is 11.4 Å². The first kappa shape index (κ1) is 20.3. The van der Waals surface area contributed by atoms with Gasteiger partial charge in [-0.25, -0.2) is 4.79 Å². The summed E-state index contributed by atoms with van der Waals surface area (Å²) in [7, 11) is 0. The van der Waals surface area contributed by atoms with Gasteiger partial charge in [0.15, 0.2) is 0 Å². The Balaban J connectivity index is 1.53. The first-order valence-corrected chi connectivity index (χ1v) is 12.0. The van der Waals surface area contributed by atoms with Gasteiger partial charge in [-0.2, -0.15) is 11.8 Å². The van der Waals surface area contributed by atoms with Crippen molar-refractivity contribution in [3.8, 4) is 0 Å². The Morgan fingerprint density at radius 2 is 1.93 bits per heavy atom. The molecule has 4 rings (SSSR count). The van der Waals surface area contributed by atoms with Crippen LogP contribution < -0.4 is 16.2 Å². The van der Waals surface area contributed by atoms with E-state index in [0.29, 0.717) is 31.1 Å². The van der Waals surface area contributed by atoms with Gasteiger partial charge in [-0.05, 0) is 37.5 Å². The molecule has 1 aliphatic carbocycles. The van der Waals surface area contributed by atoms with Crippen LogP contribution in [0.25, 0.3) is 0 Å². The topological polar surface area (TPSA) is 83.4 Å². The molecule has 2 aliphatic heterocycles. The number of piperidine rings is 1. The minimum atomic E-state index is -0.0659. The molecule has 1 aromatic heterocycles. The summed E-state index contributed by atoms with van der Waals surface area (Å²) in [6.45, 7) is 1.87. The first-order chi connectivity index (χ1) is 14.0. The smallest absolute Gasteiger partial charge is 0.317 e. The van der Waals surface area contributed by atoms with Gasteiger partial charge in [-0.3, -0.25) is 9.59 Å². The van der Waals surface area contributed by atoms with Gasteiger partial charge >= 0.3 is 6.03 Å². The summed E-state index contributed by atoms with van der Waals surface area (Å²) in [6, 6.07) is 3.56. The second kappa shape index (κ2) is 8.81. The van der Waals surface area contributed by atoms with E-state index in [9.17, 15) is 14.4 Å². The predicted octanol–water partition coefficient (Wildman–Crippen LogP) is 2.61. The maximum atomic E-state index is 12.9. The number of hydrogen-bond donors (Lipinski definition) is 2. The highest BCUT2D eigenvalue weighted by Gasteiger charge is 2.38. The van der Waals surface area contributed by atoms with E-state index in [4.69, 9.17) is 0 Å². The molecule has 1 saturated heterocycles. The van der Waals surface area contributed by atoms with E-state index in [1.807, 2.05) is 15.7 Å². The lowest BCUT2D eigenvalue weighted by Gasteiger charge is -2.43. The number of urea groups is 1. The number of nitrogens with one attached hydrogen (secondary N) is 2. The zero-order valence-corrected chi connectivity index (χ0v) is 17.8. The summed E-state index contributed by atoms with van der Waals surface area (Å²) in [4.78, 5) is 39.5. The summed E-state index contributed by atoms with van der Waals surface area (Å²) in [5, 5.41) is 6.20. The van der Waals surface area contributed by atoms with Gasteiger partial charge in [0.25, 0.3) is 5.56 Å². The third-order valence-corrected chi connectivity index (χ3v) is 6.91. The van der Waals surface area contributed by atoms with Crippen molar-refractivity contribution in [2.24, 2.45) is 5.92 Å². The molecule has 2 bridgehead atoms. The molecule has 2 fully saturated rings. The summed E-state index contributed by atoms with van der Waals surface area (Å²) in [6.07, 6.45) is 8.60. The number of rotatable bonds is 4. The fraction of sp³-hybridized carbons (Fsp3) is 0.667. The Morgan fingerprint density at radius 1 is 1.14 bits per heavy atom. The molecule has 3 amide bonds. The number of anilines is 1. The van der Waals surface area contributed by atoms with Crippen LogP contribution in [-0.4, -0.2) is 52.5 Å². The molecule has 0 spiro atoms. The van der Waals surface area contributed by atoms with E-state index in [0.717, 1.165) is 25.0 Å². The molecule has 158 valence electrons. The normalized spacial score (nSPS) is 24.0. The number of thioether (sulfide) groups is 1. The number of carbonyl (C=O) groups excluding carboxylic acids is 2. The third-order valence-electron chi connectivity index (χ3n) is 6.36. The van der Waals surface area contributed by atoms with Crippen LogP contribution in [-0.2, 0) is 11.3 Å². The molecule has 1 saturated carbocycles. The number of carbonyl (C=O) groups is 2. The molecule has 3 heterocycles. The van der Waals surface area contributed by atoms with Crippen LogP contribution in [0, 0.1) is 5.92 Å². The highest BCUT2D eigenvalue weighted by molar-refractivity contribution is 7.99. The number of likely N-dealkylation sites (tertiary alicyclic amines) is 1. The molecular formula is C21H30N4O3S. The zero-order chi connectivity index (χ0) is 20.4. The Kier molecular flexibility index (Phi) is 6.18. The molecule has 2 atom stereocenters. The minimum Gasteiger partial charge on any atom is -0.335 e. The highest BCUT2D eigenvalue weighted by Crippen LogP contribution is 2.38. The molecule has 7 nitrogen and oxygen atoms in total. The Labute approximate surface area is 175 Å². The van der Waals surface area contributed by atoms with Gasteiger partial charge in [-0.15, -0.1) is 0 Å². The van der Waals surface area contributed by atoms with Crippen molar-refractivity contribution in [1.82, 2.24) is 14.8 Å². The molecule has 2 N–H and O–H groups in total. The summed E-state index contributed by atoms with van der Waals surface area (Å²) in [5.74, 6) is 0.650. The Bertz CT molecular complexity index is 834. The summed E-state index contributed by atoms with van der Waals surface area (Å²) >= 11 is 1.47. The van der Waals surface area contributed by atoms with E-state index in [1.165, 1.54) is 37.1 Å². The quantitative estimate of drug-likeness (QED) is 0.787. The average Bonchev–Trinajstić information content (AvgIpc) is 2.71. The fourth-order valence-corrected chi connectivity index (χ4v) is 5.45. The van der Waals surface area contributed by atoms with E-state index in [2.05, 4.69) is 10.6 Å². The number of fused-ring (bicyclic) bond motifs is 4. The first-order valence-electron chi connectivity index (χ1n) is 10.6. The van der Waals surface area contributed by atoms with E-state index in [-0.39, 0.29) is 35.4 Å². The van der Waals surface area contributed by atoms with Gasteiger partial charge < -0.3 is 20.1 Å². The van der Waals surface area contributed by atoms with Crippen molar-refractivity contribution in [2.45, 2.75) is 57.0 Å². The minimum absolute atomic E-state index is 0.0197. The molecule has 1 aromatic rings. The Hall–Kier alpha value is -1.96. The van der Waals surface area contributed by atoms with Gasteiger partial charge in [0.2, 0.25) is 5.91 Å². The van der Waals surface area contributed by atoms with Crippen LogP contribution >= 0.6 is 11.8 Å². The van der Waals surface area contributed by atoms with Crippen molar-refractivity contribution in [1.29, 1.82) is 0 Å². The molecule has 3 aliphatic rings. The third kappa shape index (κ3) is 4.47. The largest absolute Gasteiger partial charge is 0.335 e. The maximum absolute atomic E-state index is 12.9. The van der Waals surface area contributed by atoms with Crippen molar-refractivity contribution in [2.75, 3.05) is 30.4 Å². The van der Waals surface area contributed by atoms with Crippen LogP contribution in [0.5, 0.6) is 0 Å². The lowest BCUT2D eigenvalue weighted by molar-refractivity contribution is -0.113. The molecule has 0 aromatic carbocycles. The van der Waals surface area contributed by atoms with Crippen LogP contribution in [0.4, 0.5) is 10.5 Å². The molecule has 8 heteroatoms. The number of hydrogen-bond acceptors (Lipinski definition) is 4. The highest BCUT2D eigenvalue weighted by atomic mass is 32.2. The van der Waals surface area contributed by atoms with Crippen molar-refractivity contribution in [3.05, 3.63) is 28.2 Å². The number of nitrogens with zero attached hydrogens (tertiary/aromatic N) is 2. The van der Waals surface area contributed by atoms with Gasteiger partial charge in [0.1, 0.15) is 0 Å². The van der Waals surface area contributed by atoms with Gasteiger partial charge in [0, 0.05) is 43.4 Å². The van der Waals surface area contributed by atoms with E-state index in [1.54, 1.807) is 6.07 Å². The lowest BCUT2D eigenvalue weighted by Crippen LogP contribution is -2.53. The predicted molar refractivity (Wildman–Crippen MR) is 116 cm³/mol. The standard InChI is InChI=1S/C21H30N4O3S/c1-29-13-18(26)23-17-7-8-19(27)25-11-14-9-15(20(17)25)12-24(10-14)21(28)22-16-5-3-2-4-6-16/h7-8,14-16H,2-6,9-13H2,1H3,(H,22,28)(H,23,26)/t14-,15+/m0/s1. The number of amides is 3. The zero-order valence-electron chi connectivity index (χ0n) is 17.0. The van der Waals surface area contributed by atoms with Crippen molar-refractivity contribution >= 4 is 29.4 Å². The van der Waals surface area contributed by atoms with E-state index < -0.39 is 0 Å². The monoisotopic (exact) mass is 418 g/mol.